The molecule has 192 valence electrons. The second-order valence-corrected chi connectivity index (χ2v) is 10.1. The van der Waals surface area contributed by atoms with Gasteiger partial charge in [0.1, 0.15) is 34.8 Å². The van der Waals surface area contributed by atoms with Gasteiger partial charge in [0.05, 0.1) is 5.52 Å². The molecule has 7 nitrogen and oxygen atoms in total. The first kappa shape index (κ1) is 22.0. The lowest BCUT2D eigenvalue weighted by Gasteiger charge is -2.13. The molecule has 0 atom stereocenters. The molecule has 41 heavy (non-hydrogen) atoms. The van der Waals surface area contributed by atoms with Gasteiger partial charge in [-0.3, -0.25) is 8.80 Å². The molecule has 7 heteroatoms. The van der Waals surface area contributed by atoms with E-state index >= 15 is 0 Å². The number of benzene rings is 4. The second kappa shape index (κ2) is 8.34. The van der Waals surface area contributed by atoms with Crippen molar-refractivity contribution in [3.05, 3.63) is 122 Å². The molecule has 0 unspecified atom stereocenters. The van der Waals surface area contributed by atoms with E-state index in [9.17, 15) is 0 Å². The summed E-state index contributed by atoms with van der Waals surface area (Å²) in [5, 5.41) is 6.31. The molecular weight excluding hydrogens is 508 g/mol. The summed E-state index contributed by atoms with van der Waals surface area (Å²) in [5.41, 5.74) is 6.04. The van der Waals surface area contributed by atoms with Gasteiger partial charge in [-0.25, -0.2) is 19.9 Å². The second-order valence-electron chi connectivity index (χ2n) is 10.1. The third kappa shape index (κ3) is 3.26. The Morgan fingerprint density at radius 1 is 0.512 bits per heavy atom. The molecule has 9 aromatic rings. The van der Waals surface area contributed by atoms with E-state index in [0.29, 0.717) is 0 Å². The predicted molar refractivity (Wildman–Crippen MR) is 162 cm³/mol. The van der Waals surface area contributed by atoms with Crippen molar-refractivity contribution in [3.8, 4) is 22.6 Å². The first-order valence-corrected chi connectivity index (χ1v) is 13.4. The van der Waals surface area contributed by atoms with Crippen molar-refractivity contribution in [1.82, 2.24) is 28.7 Å². The lowest BCUT2D eigenvalue weighted by Crippen LogP contribution is -1.95. The van der Waals surface area contributed by atoms with Crippen LogP contribution in [0.1, 0.15) is 0 Å². The number of hydrogen-bond acceptors (Lipinski definition) is 5. The zero-order valence-corrected chi connectivity index (χ0v) is 21.6. The Hall–Kier alpha value is -5.82. The summed E-state index contributed by atoms with van der Waals surface area (Å²) in [6, 6.07) is 29.4. The van der Waals surface area contributed by atoms with E-state index < -0.39 is 0 Å². The fourth-order valence-electron chi connectivity index (χ4n) is 6.00. The molecular formula is C34H20N6O. The SMILES string of the molecule is c1ccc(-c2ccc3c(c2)c2ccc(Oc4ccc5c6cncnc6n6ccnc6c5c4)cc2c2nccn32)cc1. The van der Waals surface area contributed by atoms with Crippen LogP contribution in [0.5, 0.6) is 11.5 Å². The van der Waals surface area contributed by atoms with E-state index in [2.05, 4.69) is 80.0 Å². The van der Waals surface area contributed by atoms with Crippen LogP contribution < -0.4 is 4.74 Å². The Balaban J connectivity index is 1.20. The highest BCUT2D eigenvalue weighted by Gasteiger charge is 2.14. The van der Waals surface area contributed by atoms with Crippen LogP contribution in [0.15, 0.2) is 122 Å². The maximum atomic E-state index is 6.46. The monoisotopic (exact) mass is 528 g/mol. The van der Waals surface area contributed by atoms with Crippen molar-refractivity contribution in [2.45, 2.75) is 0 Å². The lowest BCUT2D eigenvalue weighted by molar-refractivity contribution is 0.484. The number of ether oxygens (including phenoxy) is 1. The van der Waals surface area contributed by atoms with Crippen molar-refractivity contribution in [2.75, 3.05) is 0 Å². The average molecular weight is 529 g/mol. The lowest BCUT2D eigenvalue weighted by atomic mass is 9.99. The van der Waals surface area contributed by atoms with E-state index in [1.165, 1.54) is 16.5 Å². The molecule has 0 amide bonds. The van der Waals surface area contributed by atoms with Crippen LogP contribution in [0.3, 0.4) is 0 Å². The summed E-state index contributed by atoms with van der Waals surface area (Å²) in [4.78, 5) is 18.1. The Morgan fingerprint density at radius 3 is 1.98 bits per heavy atom. The molecule has 4 aromatic carbocycles. The molecule has 0 saturated carbocycles. The van der Waals surface area contributed by atoms with Crippen LogP contribution in [0.4, 0.5) is 0 Å². The van der Waals surface area contributed by atoms with Crippen molar-refractivity contribution in [2.24, 2.45) is 0 Å². The minimum Gasteiger partial charge on any atom is -0.457 e. The fourth-order valence-corrected chi connectivity index (χ4v) is 6.00. The molecule has 0 aliphatic rings. The number of nitrogens with zero attached hydrogens (tertiary/aromatic N) is 6. The largest absolute Gasteiger partial charge is 0.457 e. The molecule has 0 aliphatic carbocycles. The quantitative estimate of drug-likeness (QED) is 0.219. The van der Waals surface area contributed by atoms with Crippen molar-refractivity contribution < 1.29 is 4.74 Å². The Bertz CT molecular complexity index is 2460. The summed E-state index contributed by atoms with van der Waals surface area (Å²) >= 11 is 0. The van der Waals surface area contributed by atoms with E-state index in [4.69, 9.17) is 9.72 Å². The van der Waals surface area contributed by atoms with Crippen molar-refractivity contribution >= 4 is 54.8 Å². The number of pyridine rings is 2. The maximum absolute atomic E-state index is 6.46. The summed E-state index contributed by atoms with van der Waals surface area (Å²) in [5.74, 6) is 1.47. The summed E-state index contributed by atoms with van der Waals surface area (Å²) in [6.07, 6.45) is 11.0. The maximum Gasteiger partial charge on any atom is 0.149 e. The van der Waals surface area contributed by atoms with Gasteiger partial charge < -0.3 is 4.74 Å². The van der Waals surface area contributed by atoms with E-state index in [1.54, 1.807) is 12.5 Å². The minimum atomic E-state index is 0.726. The number of fused-ring (bicyclic) bond motifs is 12. The zero-order valence-electron chi connectivity index (χ0n) is 21.6. The van der Waals surface area contributed by atoms with Gasteiger partial charge in [0, 0.05) is 52.5 Å². The summed E-state index contributed by atoms with van der Waals surface area (Å²) in [7, 11) is 0. The van der Waals surface area contributed by atoms with Gasteiger partial charge in [-0.05, 0) is 70.4 Å². The Labute approximate surface area is 233 Å². The van der Waals surface area contributed by atoms with Gasteiger partial charge >= 0.3 is 0 Å². The van der Waals surface area contributed by atoms with E-state index in [1.807, 2.05) is 53.5 Å². The predicted octanol–water partition coefficient (Wildman–Crippen LogP) is 7.84. The molecule has 0 N–H and O–H groups in total. The van der Waals surface area contributed by atoms with Crippen LogP contribution in [0.2, 0.25) is 0 Å². The van der Waals surface area contributed by atoms with E-state index in [0.717, 1.165) is 60.9 Å². The van der Waals surface area contributed by atoms with Gasteiger partial charge in [0.2, 0.25) is 0 Å². The van der Waals surface area contributed by atoms with Gasteiger partial charge in [-0.15, -0.1) is 0 Å². The van der Waals surface area contributed by atoms with Crippen molar-refractivity contribution in [1.29, 1.82) is 0 Å². The highest BCUT2D eigenvalue weighted by atomic mass is 16.5. The van der Waals surface area contributed by atoms with Crippen LogP contribution in [0.25, 0.3) is 65.9 Å². The van der Waals surface area contributed by atoms with Gasteiger partial charge in [-0.1, -0.05) is 36.4 Å². The smallest absolute Gasteiger partial charge is 0.149 e. The molecule has 5 heterocycles. The zero-order chi connectivity index (χ0) is 26.9. The molecule has 5 aromatic heterocycles. The highest BCUT2D eigenvalue weighted by Crippen LogP contribution is 2.36. The third-order valence-electron chi connectivity index (χ3n) is 7.84. The van der Waals surface area contributed by atoms with Crippen LogP contribution in [-0.2, 0) is 0 Å². The van der Waals surface area contributed by atoms with Crippen LogP contribution >= 0.6 is 0 Å². The van der Waals surface area contributed by atoms with Crippen LogP contribution in [0, 0.1) is 0 Å². The van der Waals surface area contributed by atoms with Gasteiger partial charge in [0.15, 0.2) is 0 Å². The minimum absolute atomic E-state index is 0.726. The number of aromatic nitrogens is 6. The average Bonchev–Trinajstić information content (AvgIpc) is 3.73. The molecule has 0 bridgehead atoms. The normalized spacial score (nSPS) is 11.9. The summed E-state index contributed by atoms with van der Waals surface area (Å²) in [6.45, 7) is 0. The highest BCUT2D eigenvalue weighted by molar-refractivity contribution is 6.13. The van der Waals surface area contributed by atoms with Crippen LogP contribution in [-0.4, -0.2) is 28.7 Å². The Kier molecular flexibility index (Phi) is 4.48. The molecule has 0 fully saturated rings. The molecule has 0 spiro atoms. The van der Waals surface area contributed by atoms with E-state index in [-0.39, 0.29) is 0 Å². The number of hydrogen-bond donors (Lipinski definition) is 0. The molecule has 0 radical (unpaired) electrons. The summed E-state index contributed by atoms with van der Waals surface area (Å²) < 4.78 is 10.6. The first-order chi connectivity index (χ1) is 20.3. The van der Waals surface area contributed by atoms with Gasteiger partial charge in [-0.2, -0.15) is 0 Å². The molecule has 9 rings (SSSR count). The Morgan fingerprint density at radius 2 is 1.20 bits per heavy atom. The number of imidazole rings is 2. The fraction of sp³-hybridized carbons (Fsp3) is 0. The molecule has 0 aliphatic heterocycles. The van der Waals surface area contributed by atoms with Crippen molar-refractivity contribution in [3.63, 3.8) is 0 Å². The van der Waals surface area contributed by atoms with Gasteiger partial charge in [0.25, 0.3) is 0 Å². The molecule has 0 saturated heterocycles. The standard InChI is InChI=1S/C34H20N6O/c1-2-4-21(5-3-1)22-6-11-31-27(16-22)25-9-7-23(17-28(25)32-36-12-14-39(31)32)41-24-8-10-26-29(18-24)33-37-13-15-40(33)34-30(26)19-35-20-38-34/h1-20H. The number of rotatable bonds is 3. The third-order valence-corrected chi connectivity index (χ3v) is 7.84. The topological polar surface area (TPSA) is 69.6 Å². The first-order valence-electron chi connectivity index (χ1n) is 13.4.